The summed E-state index contributed by atoms with van der Waals surface area (Å²) in [5.74, 6) is -0.385. The quantitative estimate of drug-likeness (QED) is 0.756. The number of aryl methyl sites for hydroxylation is 1. The molecule has 0 bridgehead atoms. The van der Waals surface area contributed by atoms with Gasteiger partial charge < -0.3 is 10.1 Å². The number of rotatable bonds is 5. The van der Waals surface area contributed by atoms with Crippen molar-refractivity contribution in [2.45, 2.75) is 19.7 Å². The summed E-state index contributed by atoms with van der Waals surface area (Å²) in [5.41, 5.74) is 1.49. The zero-order valence-electron chi connectivity index (χ0n) is 13.7. The number of carbonyl (C=O) groups is 1. The molecule has 3 rings (SSSR count). The molecule has 3 aromatic rings. The largest absolute Gasteiger partial charge is 0.487 e. The number of nitrogens with zero attached hydrogens (tertiary/aromatic N) is 3. The Morgan fingerprint density at radius 3 is 2.81 bits per heavy atom. The van der Waals surface area contributed by atoms with E-state index < -0.39 is 18.6 Å². The molecule has 136 valence electrons. The molecule has 3 heterocycles. The Balaban J connectivity index is 1.82. The minimum atomic E-state index is -4.48. The number of fused-ring (bicyclic) bond motifs is 1. The topological polar surface area (TPSA) is 68.5 Å². The Morgan fingerprint density at radius 1 is 1.31 bits per heavy atom. The molecule has 0 aliphatic heterocycles. The van der Waals surface area contributed by atoms with E-state index in [-0.39, 0.29) is 12.2 Å². The third-order valence-corrected chi connectivity index (χ3v) is 3.57. The number of amides is 1. The molecule has 26 heavy (non-hydrogen) atoms. The van der Waals surface area contributed by atoms with Crippen molar-refractivity contribution in [3.05, 3.63) is 59.7 Å². The van der Waals surface area contributed by atoms with E-state index in [1.165, 1.54) is 4.52 Å². The Bertz CT molecular complexity index is 923. The molecule has 0 saturated heterocycles. The summed E-state index contributed by atoms with van der Waals surface area (Å²) in [5, 5.41) is 6.01. The molecule has 1 amide bonds. The maximum Gasteiger partial charge on any atom is 0.405 e. The maximum absolute atomic E-state index is 12.3. The minimum Gasteiger partial charge on any atom is -0.487 e. The van der Waals surface area contributed by atoms with Crippen molar-refractivity contribution in [3.8, 4) is 5.75 Å². The van der Waals surface area contributed by atoms with E-state index in [2.05, 4.69) is 10.1 Å². The van der Waals surface area contributed by atoms with Crippen LogP contribution in [0.15, 0.2) is 42.7 Å². The van der Waals surface area contributed by atoms with Gasteiger partial charge in [0, 0.05) is 18.5 Å². The smallest absolute Gasteiger partial charge is 0.405 e. The van der Waals surface area contributed by atoms with Crippen LogP contribution < -0.4 is 10.1 Å². The van der Waals surface area contributed by atoms with E-state index in [0.717, 1.165) is 5.69 Å². The van der Waals surface area contributed by atoms with Gasteiger partial charge in [-0.25, -0.2) is 4.52 Å². The highest BCUT2D eigenvalue weighted by Gasteiger charge is 2.29. The maximum atomic E-state index is 12.3. The second-order valence-electron chi connectivity index (χ2n) is 5.56. The Labute approximate surface area is 146 Å². The number of halogens is 3. The molecule has 3 aromatic heterocycles. The summed E-state index contributed by atoms with van der Waals surface area (Å²) in [6.07, 6.45) is -1.26. The summed E-state index contributed by atoms with van der Waals surface area (Å²) in [7, 11) is 0. The Kier molecular flexibility index (Phi) is 4.79. The highest BCUT2D eigenvalue weighted by atomic mass is 19.4. The first-order valence-electron chi connectivity index (χ1n) is 7.70. The summed E-state index contributed by atoms with van der Waals surface area (Å²) < 4.78 is 44.1. The first-order chi connectivity index (χ1) is 12.3. The monoisotopic (exact) mass is 364 g/mol. The van der Waals surface area contributed by atoms with Crippen molar-refractivity contribution in [2.24, 2.45) is 0 Å². The normalized spacial score (nSPS) is 11.5. The first kappa shape index (κ1) is 17.7. The van der Waals surface area contributed by atoms with Crippen LogP contribution in [0.3, 0.4) is 0 Å². The van der Waals surface area contributed by atoms with Gasteiger partial charge in [-0.05, 0) is 25.1 Å². The predicted molar refractivity (Wildman–Crippen MR) is 86.9 cm³/mol. The molecule has 0 saturated carbocycles. The summed E-state index contributed by atoms with van der Waals surface area (Å²) in [6.45, 7) is 0.377. The van der Waals surface area contributed by atoms with E-state index in [1.54, 1.807) is 43.6 Å². The fourth-order valence-electron chi connectivity index (χ4n) is 2.42. The van der Waals surface area contributed by atoms with Gasteiger partial charge in [0.25, 0.3) is 5.91 Å². The number of nitrogens with one attached hydrogen (secondary N) is 1. The van der Waals surface area contributed by atoms with Crippen LogP contribution in [0.2, 0.25) is 0 Å². The number of alkyl halides is 3. The fourth-order valence-corrected chi connectivity index (χ4v) is 2.42. The molecular weight excluding hydrogens is 349 g/mol. The first-order valence-corrected chi connectivity index (χ1v) is 7.70. The van der Waals surface area contributed by atoms with Gasteiger partial charge in [-0.1, -0.05) is 6.07 Å². The van der Waals surface area contributed by atoms with E-state index in [4.69, 9.17) is 4.74 Å². The van der Waals surface area contributed by atoms with E-state index in [9.17, 15) is 18.0 Å². The van der Waals surface area contributed by atoms with Crippen molar-refractivity contribution in [2.75, 3.05) is 6.54 Å². The summed E-state index contributed by atoms with van der Waals surface area (Å²) in [6, 6.07) is 8.64. The fraction of sp³-hybridized carbons (Fsp3) is 0.235. The lowest BCUT2D eigenvalue weighted by Crippen LogP contribution is -2.33. The van der Waals surface area contributed by atoms with Gasteiger partial charge in [0.05, 0.1) is 22.5 Å². The molecule has 0 spiro atoms. The molecule has 0 unspecified atom stereocenters. The van der Waals surface area contributed by atoms with Crippen LogP contribution in [0.1, 0.15) is 21.7 Å². The molecule has 6 nitrogen and oxygen atoms in total. The lowest BCUT2D eigenvalue weighted by atomic mass is 10.2. The van der Waals surface area contributed by atoms with Crippen molar-refractivity contribution in [1.29, 1.82) is 0 Å². The van der Waals surface area contributed by atoms with Crippen LogP contribution >= 0.6 is 0 Å². The third kappa shape index (κ3) is 4.11. The predicted octanol–water partition coefficient (Wildman–Crippen LogP) is 2.91. The van der Waals surface area contributed by atoms with Crippen LogP contribution in [0, 0.1) is 6.92 Å². The number of ether oxygens (including phenoxy) is 1. The van der Waals surface area contributed by atoms with Gasteiger partial charge in [0.2, 0.25) is 0 Å². The van der Waals surface area contributed by atoms with Gasteiger partial charge in [-0.15, -0.1) is 0 Å². The lowest BCUT2D eigenvalue weighted by Gasteiger charge is -2.09. The molecule has 1 N–H and O–H groups in total. The second-order valence-corrected chi connectivity index (χ2v) is 5.56. The average Bonchev–Trinajstić information content (AvgIpc) is 2.93. The SMILES string of the molecule is Cc1nn2ccc(OCc3ccccn3)cc2c1C(=O)NCC(F)(F)F. The molecule has 0 radical (unpaired) electrons. The van der Waals surface area contributed by atoms with E-state index >= 15 is 0 Å². The van der Waals surface area contributed by atoms with Crippen molar-refractivity contribution >= 4 is 11.4 Å². The van der Waals surface area contributed by atoms with E-state index in [0.29, 0.717) is 17.0 Å². The van der Waals surface area contributed by atoms with Crippen LogP contribution in [-0.4, -0.2) is 33.2 Å². The van der Waals surface area contributed by atoms with Gasteiger partial charge in [-0.2, -0.15) is 18.3 Å². The van der Waals surface area contributed by atoms with E-state index in [1.807, 2.05) is 11.4 Å². The number of pyridine rings is 2. The summed E-state index contributed by atoms with van der Waals surface area (Å²) in [4.78, 5) is 16.3. The average molecular weight is 364 g/mol. The van der Waals surface area contributed by atoms with Crippen LogP contribution in [0.25, 0.3) is 5.52 Å². The minimum absolute atomic E-state index is 0.0811. The van der Waals surface area contributed by atoms with Crippen molar-refractivity contribution in [1.82, 2.24) is 19.9 Å². The number of carbonyl (C=O) groups excluding carboxylic acids is 1. The zero-order chi connectivity index (χ0) is 18.7. The van der Waals surface area contributed by atoms with Crippen LogP contribution in [0.4, 0.5) is 13.2 Å². The number of hydrogen-bond donors (Lipinski definition) is 1. The number of hydrogen-bond acceptors (Lipinski definition) is 4. The van der Waals surface area contributed by atoms with Crippen LogP contribution in [0.5, 0.6) is 5.75 Å². The highest BCUT2D eigenvalue weighted by molar-refractivity contribution is 6.02. The molecule has 0 atom stereocenters. The number of aromatic nitrogens is 3. The molecule has 0 aliphatic carbocycles. The molecule has 9 heteroatoms. The molecular formula is C17H15F3N4O2. The van der Waals surface area contributed by atoms with Crippen molar-refractivity contribution in [3.63, 3.8) is 0 Å². The van der Waals surface area contributed by atoms with Gasteiger partial charge >= 0.3 is 6.18 Å². The van der Waals surface area contributed by atoms with Gasteiger partial charge in [0.15, 0.2) is 0 Å². The summed E-state index contributed by atoms with van der Waals surface area (Å²) >= 11 is 0. The van der Waals surface area contributed by atoms with Gasteiger partial charge in [-0.3, -0.25) is 9.78 Å². The third-order valence-electron chi connectivity index (χ3n) is 3.57. The van der Waals surface area contributed by atoms with Gasteiger partial charge in [0.1, 0.15) is 18.9 Å². The molecule has 0 aromatic carbocycles. The molecule has 0 fully saturated rings. The zero-order valence-corrected chi connectivity index (χ0v) is 13.7. The standard InChI is InChI=1S/C17H15F3N4O2/c1-11-15(16(25)22-10-17(18,19)20)14-8-13(5-7-24(14)23-11)26-9-12-4-2-3-6-21-12/h2-8H,9-10H2,1H3,(H,22,25). The lowest BCUT2D eigenvalue weighted by molar-refractivity contribution is -0.123. The second kappa shape index (κ2) is 7.03. The highest BCUT2D eigenvalue weighted by Crippen LogP contribution is 2.22. The Hall–Kier alpha value is -3.10. The van der Waals surface area contributed by atoms with Crippen molar-refractivity contribution < 1.29 is 22.7 Å². The Morgan fingerprint density at radius 2 is 2.12 bits per heavy atom. The van der Waals surface area contributed by atoms with Crippen LogP contribution in [-0.2, 0) is 6.61 Å². The molecule has 0 aliphatic rings.